The average molecular weight is 310 g/mol. The van der Waals surface area contributed by atoms with Crippen molar-refractivity contribution in [3.05, 3.63) is 35.4 Å². The first kappa shape index (κ1) is 16.5. The first-order valence-electron chi connectivity index (χ1n) is 8.06. The molecule has 0 heterocycles. The molecule has 0 bridgehead atoms. The van der Waals surface area contributed by atoms with Gasteiger partial charge >= 0.3 is 0 Å². The molecule has 0 saturated heterocycles. The Kier molecular flexibility index (Phi) is 6.24. The number of hydrogen-bond acceptors (Lipinski definition) is 3. The molecule has 0 unspecified atom stereocenters. The van der Waals surface area contributed by atoms with E-state index in [1.165, 1.54) is 43.2 Å². The van der Waals surface area contributed by atoms with Gasteiger partial charge in [-0.1, -0.05) is 43.5 Å². The molecule has 1 aliphatic carbocycles. The molecular weight excluding hydrogens is 284 g/mol. The first-order chi connectivity index (χ1) is 10.1. The van der Waals surface area contributed by atoms with Crippen molar-refractivity contribution in [2.24, 2.45) is 0 Å². The topological polar surface area (TPSA) is 43.4 Å². The summed E-state index contributed by atoms with van der Waals surface area (Å²) in [6.45, 7) is 1.87. The lowest BCUT2D eigenvalue weighted by molar-refractivity contribution is 0.313. The molecule has 0 amide bonds. The third kappa shape index (κ3) is 5.44. The van der Waals surface area contributed by atoms with Crippen LogP contribution in [0.3, 0.4) is 0 Å². The molecule has 0 radical (unpaired) electrons. The minimum Gasteiger partial charge on any atom is -0.270 e. The standard InChI is InChI=1S/C17H26O3S/c1-2-21(18,19)20-14-6-7-15-10-12-17(13-11-15)16-8-4-3-5-9-16/h10-13,16H,2-9,14H2,1H3. The van der Waals surface area contributed by atoms with E-state index in [1.54, 1.807) is 6.92 Å². The Labute approximate surface area is 128 Å². The summed E-state index contributed by atoms with van der Waals surface area (Å²) >= 11 is 0. The molecule has 4 heteroatoms. The highest BCUT2D eigenvalue weighted by atomic mass is 32.2. The summed E-state index contributed by atoms with van der Waals surface area (Å²) in [5.74, 6) is 0.786. The molecular formula is C17H26O3S. The third-order valence-corrected chi connectivity index (χ3v) is 5.52. The largest absolute Gasteiger partial charge is 0.270 e. The van der Waals surface area contributed by atoms with Crippen LogP contribution in [-0.4, -0.2) is 20.8 Å². The van der Waals surface area contributed by atoms with Crippen molar-refractivity contribution in [3.63, 3.8) is 0 Å². The molecule has 3 nitrogen and oxygen atoms in total. The zero-order valence-electron chi connectivity index (χ0n) is 12.9. The molecule has 118 valence electrons. The third-order valence-electron chi connectivity index (χ3n) is 4.28. The molecule has 1 aromatic carbocycles. The molecule has 1 aromatic rings. The summed E-state index contributed by atoms with van der Waals surface area (Å²) in [7, 11) is -3.30. The van der Waals surface area contributed by atoms with Crippen LogP contribution in [-0.2, 0) is 20.7 Å². The number of hydrogen-bond donors (Lipinski definition) is 0. The van der Waals surface area contributed by atoms with Crippen LogP contribution in [0.2, 0.25) is 0 Å². The fourth-order valence-corrected chi connectivity index (χ4v) is 3.48. The second-order valence-electron chi connectivity index (χ2n) is 5.85. The van der Waals surface area contributed by atoms with Gasteiger partial charge in [-0.3, -0.25) is 4.18 Å². The van der Waals surface area contributed by atoms with Crippen molar-refractivity contribution in [2.75, 3.05) is 12.4 Å². The Morgan fingerprint density at radius 1 is 1.10 bits per heavy atom. The van der Waals surface area contributed by atoms with Crippen LogP contribution < -0.4 is 0 Å². The summed E-state index contributed by atoms with van der Waals surface area (Å²) < 4.78 is 27.3. The summed E-state index contributed by atoms with van der Waals surface area (Å²) in [5, 5.41) is 0. The molecule has 0 aromatic heterocycles. The van der Waals surface area contributed by atoms with Gasteiger partial charge in [0.2, 0.25) is 0 Å². The van der Waals surface area contributed by atoms with Gasteiger partial charge < -0.3 is 0 Å². The van der Waals surface area contributed by atoms with Crippen LogP contribution in [0.1, 0.15) is 62.5 Å². The Morgan fingerprint density at radius 3 is 2.38 bits per heavy atom. The normalized spacial score (nSPS) is 17.0. The predicted molar refractivity (Wildman–Crippen MR) is 86.0 cm³/mol. The van der Waals surface area contributed by atoms with E-state index in [-0.39, 0.29) is 12.4 Å². The lowest BCUT2D eigenvalue weighted by atomic mass is 9.84. The van der Waals surface area contributed by atoms with Crippen molar-refractivity contribution in [2.45, 2.75) is 57.8 Å². The Bertz CT molecular complexity index is 513. The van der Waals surface area contributed by atoms with Crippen LogP contribution in [0.15, 0.2) is 24.3 Å². The second-order valence-corrected chi connectivity index (χ2v) is 7.78. The fourth-order valence-electron chi connectivity index (χ4n) is 2.94. The van der Waals surface area contributed by atoms with Crippen molar-refractivity contribution in [1.82, 2.24) is 0 Å². The van der Waals surface area contributed by atoms with Gasteiger partial charge in [0.25, 0.3) is 10.1 Å². The summed E-state index contributed by atoms with van der Waals surface area (Å²) in [6.07, 6.45) is 8.34. The summed E-state index contributed by atoms with van der Waals surface area (Å²) in [5.41, 5.74) is 2.72. The van der Waals surface area contributed by atoms with Crippen LogP contribution >= 0.6 is 0 Å². The Morgan fingerprint density at radius 2 is 1.76 bits per heavy atom. The van der Waals surface area contributed by atoms with E-state index in [4.69, 9.17) is 4.18 Å². The van der Waals surface area contributed by atoms with Crippen molar-refractivity contribution in [3.8, 4) is 0 Å². The molecule has 1 aliphatic rings. The average Bonchev–Trinajstić information content (AvgIpc) is 2.53. The number of benzene rings is 1. The van der Waals surface area contributed by atoms with E-state index in [1.807, 2.05) is 0 Å². The lowest BCUT2D eigenvalue weighted by Gasteiger charge is -2.22. The van der Waals surface area contributed by atoms with Crippen LogP contribution in [0.5, 0.6) is 0 Å². The van der Waals surface area contributed by atoms with Gasteiger partial charge in [-0.05, 0) is 49.7 Å². The maximum absolute atomic E-state index is 11.2. The summed E-state index contributed by atoms with van der Waals surface area (Å²) in [4.78, 5) is 0. The van der Waals surface area contributed by atoms with E-state index in [0.717, 1.165) is 18.8 Å². The molecule has 0 spiro atoms. The van der Waals surface area contributed by atoms with Gasteiger partial charge in [0.15, 0.2) is 0 Å². The van der Waals surface area contributed by atoms with E-state index in [9.17, 15) is 8.42 Å². The molecule has 0 aliphatic heterocycles. The van der Waals surface area contributed by atoms with Crippen LogP contribution in [0.4, 0.5) is 0 Å². The highest BCUT2D eigenvalue weighted by Gasteiger charge is 2.15. The molecule has 0 N–H and O–H groups in total. The molecule has 21 heavy (non-hydrogen) atoms. The SMILES string of the molecule is CCS(=O)(=O)OCCCc1ccc(C2CCCCC2)cc1. The highest BCUT2D eigenvalue weighted by Crippen LogP contribution is 2.32. The van der Waals surface area contributed by atoms with Gasteiger partial charge in [-0.2, -0.15) is 8.42 Å². The quantitative estimate of drug-likeness (QED) is 0.564. The Balaban J connectivity index is 1.77. The zero-order chi connectivity index (χ0) is 15.1. The van der Waals surface area contributed by atoms with Gasteiger partial charge in [-0.15, -0.1) is 0 Å². The molecule has 2 rings (SSSR count). The smallest absolute Gasteiger partial charge is 0.267 e. The van der Waals surface area contributed by atoms with E-state index >= 15 is 0 Å². The van der Waals surface area contributed by atoms with Crippen molar-refractivity contribution >= 4 is 10.1 Å². The Hall–Kier alpha value is -0.870. The predicted octanol–water partition coefficient (Wildman–Crippen LogP) is 4.03. The van der Waals surface area contributed by atoms with E-state index in [0.29, 0.717) is 0 Å². The zero-order valence-corrected chi connectivity index (χ0v) is 13.7. The number of rotatable bonds is 7. The highest BCUT2D eigenvalue weighted by molar-refractivity contribution is 7.86. The number of aryl methyl sites for hydroxylation is 1. The molecule has 1 saturated carbocycles. The van der Waals surface area contributed by atoms with Gasteiger partial charge in [-0.25, -0.2) is 0 Å². The second kappa shape index (κ2) is 7.95. The maximum Gasteiger partial charge on any atom is 0.267 e. The summed E-state index contributed by atoms with van der Waals surface area (Å²) in [6, 6.07) is 8.85. The molecule has 0 atom stereocenters. The minimum absolute atomic E-state index is 0.0447. The van der Waals surface area contributed by atoms with Crippen molar-refractivity contribution in [1.29, 1.82) is 0 Å². The lowest BCUT2D eigenvalue weighted by Crippen LogP contribution is -2.09. The van der Waals surface area contributed by atoms with Gasteiger partial charge in [0.05, 0.1) is 12.4 Å². The van der Waals surface area contributed by atoms with E-state index in [2.05, 4.69) is 24.3 Å². The van der Waals surface area contributed by atoms with Crippen LogP contribution in [0.25, 0.3) is 0 Å². The maximum atomic E-state index is 11.2. The minimum atomic E-state index is -3.30. The van der Waals surface area contributed by atoms with Crippen molar-refractivity contribution < 1.29 is 12.6 Å². The van der Waals surface area contributed by atoms with Gasteiger partial charge in [0, 0.05) is 0 Å². The molecule has 1 fully saturated rings. The fraction of sp³-hybridized carbons (Fsp3) is 0.647. The first-order valence-corrected chi connectivity index (χ1v) is 9.64. The van der Waals surface area contributed by atoms with Gasteiger partial charge in [0.1, 0.15) is 0 Å². The monoisotopic (exact) mass is 310 g/mol. The van der Waals surface area contributed by atoms with E-state index < -0.39 is 10.1 Å². The van der Waals surface area contributed by atoms with Crippen LogP contribution in [0, 0.1) is 0 Å².